The number of aromatic nitrogens is 2. The first-order valence-corrected chi connectivity index (χ1v) is 6.56. The molecule has 0 fully saturated rings. The first kappa shape index (κ1) is 11.0. The van der Waals surface area contributed by atoms with Gasteiger partial charge in [-0.05, 0) is 18.4 Å². The van der Waals surface area contributed by atoms with Crippen LogP contribution in [0.5, 0.6) is 0 Å². The molecule has 4 heteroatoms. The topological polar surface area (TPSA) is 41.6 Å². The van der Waals surface area contributed by atoms with Crippen LogP contribution in [0.3, 0.4) is 0 Å². The first-order chi connectivity index (χ1) is 7.86. The molecule has 0 aliphatic heterocycles. The second kappa shape index (κ2) is 5.04. The van der Waals surface area contributed by atoms with Crippen molar-refractivity contribution in [3.8, 4) is 6.07 Å². The van der Waals surface area contributed by atoms with E-state index in [4.69, 9.17) is 5.26 Å². The molecule has 2 rings (SSSR count). The van der Waals surface area contributed by atoms with Crippen LogP contribution in [0.4, 0.5) is 0 Å². The Morgan fingerprint density at radius 2 is 2.25 bits per heavy atom. The van der Waals surface area contributed by atoms with E-state index in [-0.39, 0.29) is 0 Å². The molecule has 0 aliphatic carbocycles. The molecule has 0 amide bonds. The molecule has 16 heavy (non-hydrogen) atoms. The third kappa shape index (κ3) is 2.05. The summed E-state index contributed by atoms with van der Waals surface area (Å²) < 4.78 is 2.15. The number of aryl methyl sites for hydroxylation is 1. The molecule has 0 atom stereocenters. The minimum absolute atomic E-state index is 0.378. The van der Waals surface area contributed by atoms with Crippen molar-refractivity contribution < 1.29 is 0 Å². The van der Waals surface area contributed by atoms with Crippen molar-refractivity contribution in [2.24, 2.45) is 0 Å². The highest BCUT2D eigenvalue weighted by Crippen LogP contribution is 2.16. The number of nitrogens with zero attached hydrogens (tertiary/aromatic N) is 3. The fourth-order valence-corrected chi connectivity index (χ4v) is 2.13. The third-order valence-corrected chi connectivity index (χ3v) is 3.08. The molecule has 0 saturated heterocycles. The van der Waals surface area contributed by atoms with Gasteiger partial charge in [-0.1, -0.05) is 12.1 Å². The summed E-state index contributed by atoms with van der Waals surface area (Å²) in [6.45, 7) is 0.915. The minimum Gasteiger partial charge on any atom is -0.326 e. The van der Waals surface area contributed by atoms with Crippen LogP contribution in [0.15, 0.2) is 24.3 Å². The van der Waals surface area contributed by atoms with Crippen LogP contribution in [0.1, 0.15) is 5.82 Å². The van der Waals surface area contributed by atoms with Crippen LogP contribution in [-0.2, 0) is 13.0 Å². The van der Waals surface area contributed by atoms with Crippen LogP contribution in [-0.4, -0.2) is 21.6 Å². The number of nitriles is 1. The highest BCUT2D eigenvalue weighted by molar-refractivity contribution is 7.98. The Labute approximate surface area is 99.1 Å². The normalized spacial score (nSPS) is 10.5. The van der Waals surface area contributed by atoms with Crippen molar-refractivity contribution in [1.82, 2.24) is 9.55 Å². The number of fused-ring (bicyclic) bond motifs is 1. The molecular weight excluding hydrogens is 218 g/mol. The van der Waals surface area contributed by atoms with E-state index < -0.39 is 0 Å². The summed E-state index contributed by atoms with van der Waals surface area (Å²) in [5.74, 6) is 1.91. The van der Waals surface area contributed by atoms with Gasteiger partial charge < -0.3 is 4.57 Å². The van der Waals surface area contributed by atoms with Crippen LogP contribution < -0.4 is 0 Å². The Morgan fingerprint density at radius 1 is 1.44 bits per heavy atom. The Bertz CT molecular complexity index is 525. The molecule has 0 radical (unpaired) electrons. The SMILES string of the molecule is CSCCn1c(CC#N)nc2ccccc21. The van der Waals surface area contributed by atoms with Gasteiger partial charge in [0.1, 0.15) is 5.82 Å². The number of hydrogen-bond acceptors (Lipinski definition) is 3. The lowest BCUT2D eigenvalue weighted by Crippen LogP contribution is -2.05. The van der Waals surface area contributed by atoms with Gasteiger partial charge in [-0.3, -0.25) is 0 Å². The number of benzene rings is 1. The van der Waals surface area contributed by atoms with Crippen molar-refractivity contribution in [2.75, 3.05) is 12.0 Å². The van der Waals surface area contributed by atoms with E-state index in [1.165, 1.54) is 0 Å². The van der Waals surface area contributed by atoms with E-state index >= 15 is 0 Å². The molecule has 1 aromatic heterocycles. The van der Waals surface area contributed by atoms with Gasteiger partial charge >= 0.3 is 0 Å². The lowest BCUT2D eigenvalue weighted by molar-refractivity contribution is 0.747. The van der Waals surface area contributed by atoms with Crippen LogP contribution in [0.2, 0.25) is 0 Å². The van der Waals surface area contributed by atoms with E-state index in [1.54, 1.807) is 11.8 Å². The van der Waals surface area contributed by atoms with Crippen molar-refractivity contribution in [2.45, 2.75) is 13.0 Å². The molecule has 1 heterocycles. The monoisotopic (exact) mass is 231 g/mol. The fraction of sp³-hybridized carbons (Fsp3) is 0.333. The summed E-state index contributed by atoms with van der Waals surface area (Å²) in [5, 5.41) is 8.79. The molecule has 0 unspecified atom stereocenters. The predicted molar refractivity (Wildman–Crippen MR) is 67.4 cm³/mol. The molecule has 0 bridgehead atoms. The third-order valence-electron chi connectivity index (χ3n) is 2.49. The molecule has 0 spiro atoms. The zero-order valence-corrected chi connectivity index (χ0v) is 10.00. The van der Waals surface area contributed by atoms with Gasteiger partial charge in [0.15, 0.2) is 0 Å². The molecule has 3 nitrogen and oxygen atoms in total. The minimum atomic E-state index is 0.378. The van der Waals surface area contributed by atoms with Crippen molar-refractivity contribution in [1.29, 1.82) is 5.26 Å². The summed E-state index contributed by atoms with van der Waals surface area (Å²) in [7, 11) is 0. The van der Waals surface area contributed by atoms with E-state index in [0.29, 0.717) is 6.42 Å². The molecule has 0 N–H and O–H groups in total. The van der Waals surface area contributed by atoms with E-state index in [2.05, 4.69) is 27.9 Å². The maximum atomic E-state index is 8.79. The summed E-state index contributed by atoms with van der Waals surface area (Å²) in [4.78, 5) is 4.49. The average Bonchev–Trinajstić information content (AvgIpc) is 2.65. The second-order valence-electron chi connectivity index (χ2n) is 3.50. The quantitative estimate of drug-likeness (QED) is 0.811. The van der Waals surface area contributed by atoms with Crippen LogP contribution in [0, 0.1) is 11.3 Å². The van der Waals surface area contributed by atoms with Crippen molar-refractivity contribution in [3.63, 3.8) is 0 Å². The van der Waals surface area contributed by atoms with Gasteiger partial charge in [0.05, 0.1) is 23.5 Å². The molecule has 0 aliphatic rings. The fourth-order valence-electron chi connectivity index (χ4n) is 1.76. The highest BCUT2D eigenvalue weighted by Gasteiger charge is 2.08. The first-order valence-electron chi connectivity index (χ1n) is 5.17. The Morgan fingerprint density at radius 3 is 3.00 bits per heavy atom. The number of imidazole rings is 1. The van der Waals surface area contributed by atoms with Crippen LogP contribution >= 0.6 is 11.8 Å². The van der Waals surface area contributed by atoms with E-state index in [0.717, 1.165) is 29.2 Å². The van der Waals surface area contributed by atoms with Gasteiger partial charge in [-0.2, -0.15) is 17.0 Å². The van der Waals surface area contributed by atoms with E-state index in [9.17, 15) is 0 Å². The van der Waals surface area contributed by atoms with Gasteiger partial charge in [-0.25, -0.2) is 4.98 Å². The highest BCUT2D eigenvalue weighted by atomic mass is 32.2. The Hall–Kier alpha value is -1.47. The van der Waals surface area contributed by atoms with E-state index in [1.807, 2.05) is 18.2 Å². The summed E-state index contributed by atoms with van der Waals surface area (Å²) in [5.41, 5.74) is 2.11. The maximum Gasteiger partial charge on any atom is 0.124 e. The Balaban J connectivity index is 2.47. The van der Waals surface area contributed by atoms with Gasteiger partial charge in [-0.15, -0.1) is 0 Å². The predicted octanol–water partition coefficient (Wildman–Crippen LogP) is 2.47. The average molecular weight is 231 g/mol. The maximum absolute atomic E-state index is 8.79. The van der Waals surface area contributed by atoms with Gasteiger partial charge in [0.2, 0.25) is 0 Å². The largest absolute Gasteiger partial charge is 0.326 e. The van der Waals surface area contributed by atoms with Crippen molar-refractivity contribution in [3.05, 3.63) is 30.1 Å². The second-order valence-corrected chi connectivity index (χ2v) is 4.48. The molecule has 0 saturated carbocycles. The number of thioether (sulfide) groups is 1. The smallest absolute Gasteiger partial charge is 0.124 e. The van der Waals surface area contributed by atoms with Crippen molar-refractivity contribution >= 4 is 22.8 Å². The van der Waals surface area contributed by atoms with Gasteiger partial charge in [0.25, 0.3) is 0 Å². The molecule has 82 valence electrons. The van der Waals surface area contributed by atoms with Gasteiger partial charge in [0, 0.05) is 12.3 Å². The standard InChI is InChI=1S/C12H13N3S/c1-16-9-8-15-11-5-3-2-4-10(11)14-12(15)6-7-13/h2-5H,6,8-9H2,1H3. The van der Waals surface area contributed by atoms with Crippen LogP contribution in [0.25, 0.3) is 11.0 Å². The number of rotatable bonds is 4. The summed E-state index contributed by atoms with van der Waals surface area (Å²) >= 11 is 1.80. The summed E-state index contributed by atoms with van der Waals surface area (Å²) in [6, 6.07) is 10.2. The summed E-state index contributed by atoms with van der Waals surface area (Å²) in [6.07, 6.45) is 2.46. The lowest BCUT2D eigenvalue weighted by atomic mass is 10.3. The zero-order chi connectivity index (χ0) is 11.4. The lowest BCUT2D eigenvalue weighted by Gasteiger charge is -2.05. The Kier molecular flexibility index (Phi) is 3.47. The molecular formula is C12H13N3S. The molecule has 2 aromatic rings. The molecule has 1 aromatic carbocycles. The number of hydrogen-bond donors (Lipinski definition) is 0. The number of para-hydroxylation sites is 2. The zero-order valence-electron chi connectivity index (χ0n) is 9.18.